The Balaban J connectivity index is 0.000000405. The fourth-order valence-corrected chi connectivity index (χ4v) is 2.67. The van der Waals surface area contributed by atoms with Gasteiger partial charge in [0.05, 0.1) is 5.69 Å². The van der Waals surface area contributed by atoms with Gasteiger partial charge in [-0.25, -0.2) is 0 Å². The molecule has 0 saturated carbocycles. The van der Waals surface area contributed by atoms with E-state index in [0.717, 1.165) is 12.3 Å². The van der Waals surface area contributed by atoms with Crippen molar-refractivity contribution >= 4 is 0 Å². The van der Waals surface area contributed by atoms with Crippen molar-refractivity contribution in [2.75, 3.05) is 0 Å². The molecule has 138 valence electrons. The summed E-state index contributed by atoms with van der Waals surface area (Å²) in [7, 11) is 3.95. The third kappa shape index (κ3) is 7.80. The molecular formula is C20H38N4. The smallest absolute Gasteiger partial charge is 0.0657 e. The summed E-state index contributed by atoms with van der Waals surface area (Å²) in [6, 6.07) is 4.19. The van der Waals surface area contributed by atoms with Gasteiger partial charge in [-0.3, -0.25) is 9.36 Å². The molecule has 24 heavy (non-hydrogen) atoms. The van der Waals surface area contributed by atoms with Crippen LogP contribution in [0.15, 0.2) is 24.5 Å². The van der Waals surface area contributed by atoms with E-state index < -0.39 is 0 Å². The zero-order chi connectivity index (χ0) is 18.7. The quantitative estimate of drug-likeness (QED) is 0.752. The topological polar surface area (TPSA) is 35.6 Å². The second-order valence-electron chi connectivity index (χ2n) is 6.72. The van der Waals surface area contributed by atoms with E-state index in [9.17, 15) is 0 Å². The van der Waals surface area contributed by atoms with Crippen molar-refractivity contribution in [1.82, 2.24) is 19.6 Å². The predicted octanol–water partition coefficient (Wildman–Crippen LogP) is 5.21. The maximum absolute atomic E-state index is 4.42. The van der Waals surface area contributed by atoms with Gasteiger partial charge < -0.3 is 0 Å². The first kappa shape index (κ1) is 22.4. The summed E-state index contributed by atoms with van der Waals surface area (Å²) < 4.78 is 3.81. The highest BCUT2D eigenvalue weighted by Crippen LogP contribution is 2.25. The predicted molar refractivity (Wildman–Crippen MR) is 104 cm³/mol. The van der Waals surface area contributed by atoms with Gasteiger partial charge in [0, 0.05) is 38.1 Å². The lowest BCUT2D eigenvalue weighted by Crippen LogP contribution is -2.06. The van der Waals surface area contributed by atoms with Gasteiger partial charge in [-0.1, -0.05) is 48.5 Å². The van der Waals surface area contributed by atoms with Crippen LogP contribution in [0.1, 0.15) is 72.2 Å². The molecule has 0 saturated heterocycles. The number of nitrogens with zero attached hydrogens (tertiary/aromatic N) is 4. The van der Waals surface area contributed by atoms with Gasteiger partial charge in [-0.05, 0) is 36.8 Å². The molecule has 0 N–H and O–H groups in total. The Labute approximate surface area is 149 Å². The number of hydrogen-bond donors (Lipinski definition) is 0. The molecule has 4 nitrogen and oxygen atoms in total. The normalized spacial score (nSPS) is 11.6. The Kier molecular flexibility index (Phi) is 11.1. The first-order chi connectivity index (χ1) is 11.3. The van der Waals surface area contributed by atoms with Crippen LogP contribution in [0.3, 0.4) is 0 Å². The van der Waals surface area contributed by atoms with Gasteiger partial charge >= 0.3 is 0 Å². The lowest BCUT2D eigenvalue weighted by atomic mass is 9.90. The molecule has 0 bridgehead atoms. The van der Waals surface area contributed by atoms with Crippen molar-refractivity contribution < 1.29 is 0 Å². The first-order valence-corrected chi connectivity index (χ1v) is 9.31. The Morgan fingerprint density at radius 2 is 1.67 bits per heavy atom. The number of hydrogen-bond acceptors (Lipinski definition) is 2. The Bertz CT molecular complexity index is 537. The largest absolute Gasteiger partial charge is 0.276 e. The van der Waals surface area contributed by atoms with Crippen LogP contribution < -0.4 is 0 Å². The third-order valence-corrected chi connectivity index (χ3v) is 3.90. The van der Waals surface area contributed by atoms with Gasteiger partial charge in [-0.2, -0.15) is 10.2 Å². The molecule has 2 heterocycles. The molecule has 2 aromatic heterocycles. The monoisotopic (exact) mass is 334 g/mol. The molecule has 0 aliphatic heterocycles. The number of aromatic nitrogens is 4. The molecule has 0 radical (unpaired) electrons. The molecule has 0 aromatic carbocycles. The van der Waals surface area contributed by atoms with E-state index in [2.05, 4.69) is 56.9 Å². The van der Waals surface area contributed by atoms with Gasteiger partial charge in [-0.15, -0.1) is 0 Å². The fourth-order valence-electron chi connectivity index (χ4n) is 2.67. The van der Waals surface area contributed by atoms with Crippen LogP contribution in [0, 0.1) is 11.8 Å². The van der Waals surface area contributed by atoms with Crippen LogP contribution in [0.4, 0.5) is 0 Å². The summed E-state index contributed by atoms with van der Waals surface area (Å²) in [5.41, 5.74) is 2.55. The molecule has 0 amide bonds. The van der Waals surface area contributed by atoms with Crippen LogP contribution in [-0.2, 0) is 20.5 Å². The lowest BCUT2D eigenvalue weighted by molar-refractivity contribution is 0.469. The van der Waals surface area contributed by atoms with Crippen molar-refractivity contribution in [1.29, 1.82) is 0 Å². The van der Waals surface area contributed by atoms with Crippen molar-refractivity contribution in [2.24, 2.45) is 25.9 Å². The average molecular weight is 335 g/mol. The summed E-state index contributed by atoms with van der Waals surface area (Å²) in [6.07, 6.45) is 6.16. The molecule has 1 unspecified atom stereocenters. The third-order valence-electron chi connectivity index (χ3n) is 3.90. The van der Waals surface area contributed by atoms with E-state index in [1.807, 2.05) is 49.7 Å². The maximum atomic E-state index is 4.42. The van der Waals surface area contributed by atoms with Gasteiger partial charge in [0.1, 0.15) is 0 Å². The van der Waals surface area contributed by atoms with E-state index in [4.69, 9.17) is 0 Å². The van der Waals surface area contributed by atoms with Crippen LogP contribution in [0.5, 0.6) is 0 Å². The number of aryl methyl sites for hydroxylation is 2. The number of rotatable bonds is 5. The van der Waals surface area contributed by atoms with E-state index in [1.165, 1.54) is 17.8 Å². The minimum Gasteiger partial charge on any atom is -0.276 e. The highest BCUT2D eigenvalue weighted by atomic mass is 15.3. The Morgan fingerprint density at radius 1 is 1.04 bits per heavy atom. The van der Waals surface area contributed by atoms with Crippen molar-refractivity contribution in [3.05, 3.63) is 35.9 Å². The van der Waals surface area contributed by atoms with Crippen LogP contribution >= 0.6 is 0 Å². The van der Waals surface area contributed by atoms with E-state index in [1.54, 1.807) is 0 Å². The SMILES string of the molecule is CC.CC(C)Cc1ccnn1C.CCC(c1ccn(C)n1)C(C)C. The standard InChI is InChI=1S/C10H18N2.C8H14N2.C2H6/c1-5-9(8(2)3)10-6-7-12(4)11-10;1-7(2)6-8-4-5-9-10(8)3;1-2/h6-9H,5H2,1-4H3;4-5,7H,6H2,1-3H3;1-2H3. The molecule has 0 spiro atoms. The molecule has 2 aromatic rings. The summed E-state index contributed by atoms with van der Waals surface area (Å²) >= 11 is 0. The summed E-state index contributed by atoms with van der Waals surface area (Å²) in [4.78, 5) is 0. The second kappa shape index (κ2) is 11.9. The average Bonchev–Trinajstić information content (AvgIpc) is 3.11. The summed E-state index contributed by atoms with van der Waals surface area (Å²) in [5, 5.41) is 8.51. The van der Waals surface area contributed by atoms with Crippen LogP contribution in [-0.4, -0.2) is 19.6 Å². The van der Waals surface area contributed by atoms with Crippen molar-refractivity contribution in [2.45, 2.75) is 67.2 Å². The van der Waals surface area contributed by atoms with Crippen molar-refractivity contribution in [3.8, 4) is 0 Å². The first-order valence-electron chi connectivity index (χ1n) is 9.31. The van der Waals surface area contributed by atoms with Gasteiger partial charge in [0.25, 0.3) is 0 Å². The molecule has 4 heteroatoms. The van der Waals surface area contributed by atoms with E-state index in [-0.39, 0.29) is 0 Å². The highest BCUT2D eigenvalue weighted by molar-refractivity contribution is 5.06. The Morgan fingerprint density at radius 3 is 2.00 bits per heavy atom. The van der Waals surface area contributed by atoms with E-state index in [0.29, 0.717) is 11.8 Å². The molecule has 2 rings (SSSR count). The molecule has 0 fully saturated rings. The van der Waals surface area contributed by atoms with Crippen LogP contribution in [0.25, 0.3) is 0 Å². The molecule has 0 aliphatic rings. The maximum Gasteiger partial charge on any atom is 0.0657 e. The molecular weight excluding hydrogens is 296 g/mol. The minimum atomic E-state index is 0.617. The Hall–Kier alpha value is -1.58. The van der Waals surface area contributed by atoms with Crippen LogP contribution in [0.2, 0.25) is 0 Å². The van der Waals surface area contributed by atoms with Gasteiger partial charge in [0.2, 0.25) is 0 Å². The van der Waals surface area contributed by atoms with Gasteiger partial charge in [0.15, 0.2) is 0 Å². The molecule has 0 aliphatic carbocycles. The molecule has 1 atom stereocenters. The fraction of sp³-hybridized carbons (Fsp3) is 0.700. The van der Waals surface area contributed by atoms with E-state index >= 15 is 0 Å². The lowest BCUT2D eigenvalue weighted by Gasteiger charge is -2.15. The van der Waals surface area contributed by atoms with Crippen molar-refractivity contribution in [3.63, 3.8) is 0 Å². The minimum absolute atomic E-state index is 0.617. The summed E-state index contributed by atoms with van der Waals surface area (Å²) in [6.45, 7) is 15.2. The zero-order valence-electron chi connectivity index (χ0n) is 17.2. The second-order valence-corrected chi connectivity index (χ2v) is 6.72. The highest BCUT2D eigenvalue weighted by Gasteiger charge is 2.15. The summed E-state index contributed by atoms with van der Waals surface area (Å²) in [5.74, 6) is 2.02. The zero-order valence-corrected chi connectivity index (χ0v) is 17.2.